The third kappa shape index (κ3) is 3.46. The summed E-state index contributed by atoms with van der Waals surface area (Å²) in [6.07, 6.45) is 1.55. The largest absolute Gasteiger partial charge is 0.398 e. The standard InChI is InChI=1S/C11H14N6OS/c12-8-3-1-2-4-10(8)19-6-5-17-7-9(15-16-17)11(18)14-13/h1-4,7H,5-6,12-13H2,(H,14,18). The average molecular weight is 278 g/mol. The summed E-state index contributed by atoms with van der Waals surface area (Å²) >= 11 is 1.63. The van der Waals surface area contributed by atoms with E-state index in [1.54, 1.807) is 22.6 Å². The Hall–Kier alpha value is -2.06. The summed E-state index contributed by atoms with van der Waals surface area (Å²) in [4.78, 5) is 12.2. The van der Waals surface area contributed by atoms with E-state index in [9.17, 15) is 4.79 Å². The minimum atomic E-state index is -0.453. The van der Waals surface area contributed by atoms with Crippen molar-refractivity contribution in [3.05, 3.63) is 36.2 Å². The molecule has 0 bridgehead atoms. The quantitative estimate of drug-likeness (QED) is 0.238. The van der Waals surface area contributed by atoms with Crippen LogP contribution in [0.3, 0.4) is 0 Å². The maximum absolute atomic E-state index is 11.2. The van der Waals surface area contributed by atoms with E-state index in [0.717, 1.165) is 16.3 Å². The van der Waals surface area contributed by atoms with Crippen LogP contribution in [0.4, 0.5) is 5.69 Å². The van der Waals surface area contributed by atoms with Crippen LogP contribution in [-0.4, -0.2) is 26.7 Å². The summed E-state index contributed by atoms with van der Waals surface area (Å²) in [5.41, 5.74) is 8.81. The maximum atomic E-state index is 11.2. The van der Waals surface area contributed by atoms with Gasteiger partial charge in [0.25, 0.3) is 5.91 Å². The van der Waals surface area contributed by atoms with Gasteiger partial charge in [0.15, 0.2) is 5.69 Å². The third-order valence-corrected chi connectivity index (χ3v) is 3.47. The fourth-order valence-corrected chi connectivity index (χ4v) is 2.35. The number of hydrazine groups is 1. The number of thioether (sulfide) groups is 1. The Kier molecular flexibility index (Phi) is 4.37. The van der Waals surface area contributed by atoms with Crippen molar-refractivity contribution < 1.29 is 4.79 Å². The van der Waals surface area contributed by atoms with Gasteiger partial charge in [-0.05, 0) is 12.1 Å². The van der Waals surface area contributed by atoms with Gasteiger partial charge in [-0.25, -0.2) is 5.84 Å². The Morgan fingerprint density at radius 2 is 2.21 bits per heavy atom. The van der Waals surface area contributed by atoms with Crippen molar-refractivity contribution in [1.82, 2.24) is 20.4 Å². The molecule has 0 aliphatic rings. The first kappa shape index (κ1) is 13.4. The molecule has 1 aromatic heterocycles. The van der Waals surface area contributed by atoms with Gasteiger partial charge in [0.2, 0.25) is 0 Å². The van der Waals surface area contributed by atoms with Crippen molar-refractivity contribution in [1.29, 1.82) is 0 Å². The molecule has 0 radical (unpaired) electrons. The minimum absolute atomic E-state index is 0.201. The molecule has 0 saturated carbocycles. The van der Waals surface area contributed by atoms with Crippen LogP contribution in [0.25, 0.3) is 0 Å². The van der Waals surface area contributed by atoms with Crippen LogP contribution in [0.5, 0.6) is 0 Å². The zero-order chi connectivity index (χ0) is 13.7. The number of nitrogens with two attached hydrogens (primary N) is 2. The number of para-hydroxylation sites is 1. The lowest BCUT2D eigenvalue weighted by Gasteiger charge is -2.04. The van der Waals surface area contributed by atoms with E-state index in [-0.39, 0.29) is 5.69 Å². The fourth-order valence-electron chi connectivity index (χ4n) is 1.45. The van der Waals surface area contributed by atoms with E-state index in [2.05, 4.69) is 10.3 Å². The molecule has 0 atom stereocenters. The zero-order valence-electron chi connectivity index (χ0n) is 10.1. The van der Waals surface area contributed by atoms with Crippen LogP contribution in [0.2, 0.25) is 0 Å². The second-order valence-electron chi connectivity index (χ2n) is 3.73. The monoisotopic (exact) mass is 278 g/mol. The summed E-state index contributed by atoms with van der Waals surface area (Å²) in [5.74, 6) is 5.34. The van der Waals surface area contributed by atoms with Gasteiger partial charge in [-0.2, -0.15) is 0 Å². The molecule has 0 spiro atoms. The topological polar surface area (TPSA) is 112 Å². The molecule has 8 heteroatoms. The molecule has 100 valence electrons. The third-order valence-electron chi connectivity index (χ3n) is 2.40. The van der Waals surface area contributed by atoms with Crippen LogP contribution in [0.15, 0.2) is 35.4 Å². The summed E-state index contributed by atoms with van der Waals surface area (Å²) in [5, 5.41) is 7.56. The SMILES string of the molecule is NNC(=O)c1cn(CCSc2ccccc2N)nn1. The molecule has 19 heavy (non-hydrogen) atoms. The van der Waals surface area contributed by atoms with Crippen molar-refractivity contribution in [2.45, 2.75) is 11.4 Å². The van der Waals surface area contributed by atoms with Gasteiger partial charge in [-0.3, -0.25) is 14.9 Å². The first-order valence-corrected chi connectivity index (χ1v) is 6.57. The number of anilines is 1. The molecule has 0 aliphatic carbocycles. The van der Waals surface area contributed by atoms with Gasteiger partial charge in [-0.15, -0.1) is 16.9 Å². The number of carbonyl (C=O) groups excluding carboxylic acids is 1. The number of rotatable bonds is 5. The van der Waals surface area contributed by atoms with Crippen molar-refractivity contribution in [3.63, 3.8) is 0 Å². The number of nitrogens with one attached hydrogen (secondary N) is 1. The molecular weight excluding hydrogens is 264 g/mol. The molecule has 0 unspecified atom stereocenters. The maximum Gasteiger partial charge on any atom is 0.287 e. The number of benzene rings is 1. The Labute approximate surface area is 114 Å². The first-order chi connectivity index (χ1) is 9.20. The summed E-state index contributed by atoms with van der Waals surface area (Å²) in [7, 11) is 0. The predicted molar refractivity (Wildman–Crippen MR) is 73.3 cm³/mol. The van der Waals surface area contributed by atoms with Gasteiger partial charge < -0.3 is 5.73 Å². The number of aryl methyl sites for hydroxylation is 1. The molecule has 0 fully saturated rings. The van der Waals surface area contributed by atoms with E-state index in [4.69, 9.17) is 11.6 Å². The molecule has 1 amide bonds. The summed E-state index contributed by atoms with van der Waals surface area (Å²) in [6.45, 7) is 0.629. The number of amides is 1. The lowest BCUT2D eigenvalue weighted by molar-refractivity contribution is 0.0948. The van der Waals surface area contributed by atoms with Crippen LogP contribution in [-0.2, 0) is 6.54 Å². The van der Waals surface area contributed by atoms with Crippen molar-refractivity contribution in [3.8, 4) is 0 Å². The highest BCUT2D eigenvalue weighted by Gasteiger charge is 2.08. The zero-order valence-corrected chi connectivity index (χ0v) is 10.9. The smallest absolute Gasteiger partial charge is 0.287 e. The number of hydrogen-bond acceptors (Lipinski definition) is 6. The Morgan fingerprint density at radius 1 is 1.42 bits per heavy atom. The predicted octanol–water partition coefficient (Wildman–Crippen LogP) is 0.256. The molecule has 2 rings (SSSR count). The highest BCUT2D eigenvalue weighted by molar-refractivity contribution is 7.99. The Bertz CT molecular complexity index is 570. The van der Waals surface area contributed by atoms with Crippen molar-refractivity contribution in [2.75, 3.05) is 11.5 Å². The van der Waals surface area contributed by atoms with E-state index in [1.165, 1.54) is 0 Å². The van der Waals surface area contributed by atoms with Gasteiger partial charge in [0, 0.05) is 16.3 Å². The summed E-state index contributed by atoms with van der Waals surface area (Å²) in [6, 6.07) is 7.67. The van der Waals surface area contributed by atoms with Crippen molar-refractivity contribution >= 4 is 23.4 Å². The molecule has 2 aromatic rings. The highest BCUT2D eigenvalue weighted by atomic mass is 32.2. The van der Waals surface area contributed by atoms with Crippen molar-refractivity contribution in [2.24, 2.45) is 5.84 Å². The number of nitrogen functional groups attached to an aromatic ring is 2. The van der Waals surface area contributed by atoms with E-state index in [0.29, 0.717) is 6.54 Å². The molecule has 0 aliphatic heterocycles. The second kappa shape index (κ2) is 6.21. The Morgan fingerprint density at radius 3 is 2.95 bits per heavy atom. The van der Waals surface area contributed by atoms with Gasteiger partial charge in [0.1, 0.15) is 0 Å². The first-order valence-electron chi connectivity index (χ1n) is 5.59. The second-order valence-corrected chi connectivity index (χ2v) is 4.86. The van der Waals surface area contributed by atoms with Gasteiger partial charge >= 0.3 is 0 Å². The fraction of sp³-hybridized carbons (Fsp3) is 0.182. The Balaban J connectivity index is 1.88. The normalized spacial score (nSPS) is 10.4. The molecule has 0 saturated heterocycles. The molecule has 5 N–H and O–H groups in total. The molecule has 7 nitrogen and oxygen atoms in total. The van der Waals surface area contributed by atoms with Crippen LogP contribution in [0.1, 0.15) is 10.5 Å². The van der Waals surface area contributed by atoms with Gasteiger partial charge in [-0.1, -0.05) is 17.3 Å². The van der Waals surface area contributed by atoms with Gasteiger partial charge in [0.05, 0.1) is 12.7 Å². The number of carbonyl (C=O) groups is 1. The number of hydrogen-bond donors (Lipinski definition) is 3. The van der Waals surface area contributed by atoms with Crippen LogP contribution >= 0.6 is 11.8 Å². The minimum Gasteiger partial charge on any atom is -0.398 e. The lowest BCUT2D eigenvalue weighted by Crippen LogP contribution is -2.30. The average Bonchev–Trinajstić information content (AvgIpc) is 2.89. The molecule has 1 aromatic carbocycles. The molecule has 1 heterocycles. The van der Waals surface area contributed by atoms with Crippen LogP contribution < -0.4 is 17.0 Å². The highest BCUT2D eigenvalue weighted by Crippen LogP contribution is 2.24. The number of aromatic nitrogens is 3. The lowest BCUT2D eigenvalue weighted by atomic mass is 10.3. The summed E-state index contributed by atoms with van der Waals surface area (Å²) < 4.78 is 1.59. The molecular formula is C11H14N6OS. The van der Waals surface area contributed by atoms with Crippen LogP contribution in [0, 0.1) is 0 Å². The van der Waals surface area contributed by atoms with E-state index >= 15 is 0 Å². The van der Waals surface area contributed by atoms with E-state index in [1.807, 2.05) is 29.7 Å². The number of nitrogens with zero attached hydrogens (tertiary/aromatic N) is 3. The van der Waals surface area contributed by atoms with E-state index < -0.39 is 5.91 Å².